The number of rotatable bonds is 8. The molecule has 1 aromatic carbocycles. The van der Waals surface area contributed by atoms with Crippen LogP contribution < -0.4 is 10.6 Å². The number of hydrogen-bond donors (Lipinski definition) is 3. The van der Waals surface area contributed by atoms with Gasteiger partial charge in [-0.2, -0.15) is 4.98 Å². The number of thiazole rings is 1. The van der Waals surface area contributed by atoms with E-state index >= 15 is 0 Å². The molecule has 2 aliphatic carbocycles. The minimum Gasteiger partial charge on any atom is -0.394 e. The zero-order valence-corrected chi connectivity index (χ0v) is 23.7. The summed E-state index contributed by atoms with van der Waals surface area (Å²) in [4.78, 5) is 18.7. The number of aliphatic hydroxyl groups is 1. The smallest absolute Gasteiger partial charge is 0.225 e. The maximum absolute atomic E-state index is 14.7. The Hall–Kier alpha value is -3.38. The van der Waals surface area contributed by atoms with Gasteiger partial charge in [-0.1, -0.05) is 12.8 Å². The number of nitrogens with one attached hydrogen (secondary N) is 2. The topological polar surface area (TPSA) is 95.9 Å². The van der Waals surface area contributed by atoms with E-state index in [-0.39, 0.29) is 12.6 Å². The van der Waals surface area contributed by atoms with Crippen LogP contribution in [0.4, 0.5) is 29.3 Å². The first-order valence-corrected chi connectivity index (χ1v) is 14.6. The van der Waals surface area contributed by atoms with Crippen molar-refractivity contribution >= 4 is 33.3 Å². The van der Waals surface area contributed by atoms with Crippen LogP contribution >= 0.6 is 11.3 Å². The summed E-state index contributed by atoms with van der Waals surface area (Å²) >= 11 is 1.49. The van der Waals surface area contributed by atoms with Gasteiger partial charge in [0.25, 0.3) is 0 Å². The molecule has 2 saturated carbocycles. The molecule has 0 saturated heterocycles. The molecular formula is C29H30F4N6OS. The highest BCUT2D eigenvalue weighted by Crippen LogP contribution is 2.45. The zero-order chi connectivity index (χ0) is 29.1. The van der Waals surface area contributed by atoms with Crippen molar-refractivity contribution in [3.05, 3.63) is 58.0 Å². The third-order valence-electron chi connectivity index (χ3n) is 8.15. The van der Waals surface area contributed by atoms with E-state index in [1.54, 1.807) is 13.1 Å². The highest BCUT2D eigenvalue weighted by Gasteiger charge is 2.36. The number of nitrogens with zero attached hydrogens (tertiary/aromatic N) is 4. The summed E-state index contributed by atoms with van der Waals surface area (Å²) in [5.41, 5.74) is 0.913. The normalized spacial score (nSPS) is 17.3. The minimum absolute atomic E-state index is 0.00831. The molecule has 3 N–H and O–H groups in total. The van der Waals surface area contributed by atoms with Gasteiger partial charge in [0.1, 0.15) is 16.3 Å². The fraction of sp³-hybridized carbons (Fsp3) is 0.448. The van der Waals surface area contributed by atoms with Gasteiger partial charge in [-0.3, -0.25) is 4.98 Å². The molecule has 0 aliphatic heterocycles. The average Bonchev–Trinajstić information content (AvgIpc) is 3.53. The second kappa shape index (κ2) is 10.5. The Morgan fingerprint density at radius 3 is 2.34 bits per heavy atom. The number of aromatic nitrogens is 4. The number of anilines is 2. The molecule has 0 spiro atoms. The van der Waals surface area contributed by atoms with E-state index < -0.39 is 46.0 Å². The van der Waals surface area contributed by atoms with Gasteiger partial charge in [0.05, 0.1) is 45.4 Å². The quantitative estimate of drug-likeness (QED) is 0.150. The molecule has 2 aliphatic rings. The van der Waals surface area contributed by atoms with Crippen LogP contribution in [0.15, 0.2) is 12.3 Å². The van der Waals surface area contributed by atoms with Crippen molar-refractivity contribution in [1.29, 1.82) is 0 Å². The second-order valence-electron chi connectivity index (χ2n) is 11.1. The van der Waals surface area contributed by atoms with E-state index in [0.29, 0.717) is 28.0 Å². The third kappa shape index (κ3) is 4.90. The molecule has 2 fully saturated rings. The molecule has 41 heavy (non-hydrogen) atoms. The molecule has 4 aromatic rings. The summed E-state index contributed by atoms with van der Waals surface area (Å²) in [7, 11) is 0. The summed E-state index contributed by atoms with van der Waals surface area (Å²) in [6.07, 6.45) is 7.32. The lowest BCUT2D eigenvalue weighted by Gasteiger charge is -2.30. The van der Waals surface area contributed by atoms with Crippen molar-refractivity contribution in [3.8, 4) is 10.6 Å². The summed E-state index contributed by atoms with van der Waals surface area (Å²) in [5, 5.41) is 17.3. The highest BCUT2D eigenvalue weighted by atomic mass is 32.1. The highest BCUT2D eigenvalue weighted by molar-refractivity contribution is 7.21. The van der Waals surface area contributed by atoms with Crippen molar-refractivity contribution in [2.45, 2.75) is 76.8 Å². The van der Waals surface area contributed by atoms with E-state index in [4.69, 9.17) is 4.98 Å². The third-order valence-corrected chi connectivity index (χ3v) is 9.18. The monoisotopic (exact) mass is 586 g/mol. The maximum atomic E-state index is 14.7. The van der Waals surface area contributed by atoms with Crippen LogP contribution in [0.25, 0.3) is 20.8 Å². The first-order valence-electron chi connectivity index (χ1n) is 13.7. The van der Waals surface area contributed by atoms with Crippen molar-refractivity contribution in [1.82, 2.24) is 19.9 Å². The lowest BCUT2D eigenvalue weighted by molar-refractivity contribution is 0.214. The number of benzene rings is 1. The summed E-state index contributed by atoms with van der Waals surface area (Å²) in [6.45, 7) is 4.02. The molecule has 1 unspecified atom stereocenters. The number of fused-ring (bicyclic) bond motifs is 1. The first-order chi connectivity index (χ1) is 19.6. The lowest BCUT2D eigenvalue weighted by Crippen LogP contribution is -2.39. The van der Waals surface area contributed by atoms with E-state index in [1.165, 1.54) is 18.3 Å². The van der Waals surface area contributed by atoms with E-state index in [1.807, 2.05) is 6.07 Å². The molecule has 3 heterocycles. The van der Waals surface area contributed by atoms with Gasteiger partial charge in [0.2, 0.25) is 5.95 Å². The van der Waals surface area contributed by atoms with Crippen LogP contribution in [-0.2, 0) is 0 Å². The first kappa shape index (κ1) is 27.8. The molecule has 0 bridgehead atoms. The van der Waals surface area contributed by atoms with Crippen molar-refractivity contribution < 1.29 is 22.7 Å². The molecule has 7 nitrogen and oxygen atoms in total. The van der Waals surface area contributed by atoms with Crippen molar-refractivity contribution in [3.63, 3.8) is 0 Å². The Morgan fingerprint density at radius 2 is 1.71 bits per heavy atom. The molecular weight excluding hydrogens is 556 g/mol. The average molecular weight is 587 g/mol. The van der Waals surface area contributed by atoms with Gasteiger partial charge >= 0.3 is 0 Å². The van der Waals surface area contributed by atoms with Gasteiger partial charge in [-0.25, -0.2) is 27.5 Å². The van der Waals surface area contributed by atoms with Crippen LogP contribution in [0.3, 0.4) is 0 Å². The van der Waals surface area contributed by atoms with Crippen LogP contribution in [0.5, 0.6) is 0 Å². The Morgan fingerprint density at radius 1 is 1.02 bits per heavy atom. The molecule has 216 valence electrons. The second-order valence-corrected chi connectivity index (χ2v) is 12.2. The van der Waals surface area contributed by atoms with Crippen LogP contribution in [0, 0.1) is 37.1 Å². The lowest BCUT2D eigenvalue weighted by atomic mass is 9.98. The Balaban J connectivity index is 1.44. The van der Waals surface area contributed by atoms with Crippen LogP contribution in [0.1, 0.15) is 79.9 Å². The van der Waals surface area contributed by atoms with Crippen molar-refractivity contribution in [2.24, 2.45) is 0 Å². The van der Waals surface area contributed by atoms with Gasteiger partial charge in [-0.15, -0.1) is 11.3 Å². The summed E-state index contributed by atoms with van der Waals surface area (Å²) in [6, 6.07) is 0.726. The summed E-state index contributed by atoms with van der Waals surface area (Å²) < 4.78 is 59.1. The van der Waals surface area contributed by atoms with Crippen LogP contribution in [0.2, 0.25) is 0 Å². The van der Waals surface area contributed by atoms with Gasteiger partial charge in [0.15, 0.2) is 23.3 Å². The van der Waals surface area contributed by atoms with Crippen molar-refractivity contribution in [2.75, 3.05) is 17.2 Å². The van der Waals surface area contributed by atoms with Gasteiger partial charge < -0.3 is 15.7 Å². The Kier molecular flexibility index (Phi) is 7.09. The van der Waals surface area contributed by atoms with Gasteiger partial charge in [-0.05, 0) is 52.5 Å². The number of aryl methyl sites for hydroxylation is 1. The predicted octanol–water partition coefficient (Wildman–Crippen LogP) is 7.09. The Labute approximate surface area is 238 Å². The molecule has 3 aromatic heterocycles. The fourth-order valence-electron chi connectivity index (χ4n) is 5.65. The number of hydrogen-bond acceptors (Lipinski definition) is 8. The molecule has 12 heteroatoms. The molecule has 6 rings (SSSR count). The standard InChI is InChI=1S/C29H30F4N6OS/c1-13-20(30)22(32)18(23(33)21(13)31)14(2)35-28-36-15(3)19(26(38-28)39-29(12-40)9-4-5-10-29)27-37-25-17(41-27)8-11-34-24(25)16-6-7-16/h8,11,14,16,40H,4-7,9-10,12H2,1-3H3,(H2,35,36,38,39). The van der Waals surface area contributed by atoms with Crippen LogP contribution in [-0.4, -0.2) is 37.2 Å². The van der Waals surface area contributed by atoms with E-state index in [0.717, 1.165) is 61.4 Å². The maximum Gasteiger partial charge on any atom is 0.225 e. The molecule has 1 atom stereocenters. The summed E-state index contributed by atoms with van der Waals surface area (Å²) in [5.74, 6) is -4.99. The minimum atomic E-state index is -1.46. The molecule has 0 radical (unpaired) electrons. The Bertz CT molecular complexity index is 1620. The zero-order valence-electron chi connectivity index (χ0n) is 22.9. The largest absolute Gasteiger partial charge is 0.394 e. The van der Waals surface area contributed by atoms with E-state index in [9.17, 15) is 22.7 Å². The van der Waals surface area contributed by atoms with Gasteiger partial charge in [0, 0.05) is 17.7 Å². The molecule has 0 amide bonds. The van der Waals surface area contributed by atoms with E-state index in [2.05, 4.69) is 25.6 Å². The number of aliphatic hydroxyl groups excluding tert-OH is 1. The fourth-order valence-corrected chi connectivity index (χ4v) is 6.72. The predicted molar refractivity (Wildman–Crippen MR) is 150 cm³/mol. The SMILES string of the molecule is Cc1nc(NC(C)c2c(F)c(F)c(C)c(F)c2F)nc(NC2(CO)CCCC2)c1-c1nc2c(C3CC3)nccc2s1. The number of halogens is 4. The number of pyridine rings is 1.